The highest BCUT2D eigenvalue weighted by molar-refractivity contribution is 7.92. The zero-order chi connectivity index (χ0) is 26.2. The van der Waals surface area contributed by atoms with Gasteiger partial charge in [-0.05, 0) is 35.9 Å². The Morgan fingerprint density at radius 3 is 2.51 bits per heavy atom. The second kappa shape index (κ2) is 9.85. The van der Waals surface area contributed by atoms with E-state index in [1.807, 2.05) is 34.9 Å². The Bertz CT molecular complexity index is 1760. The standard InChI is InChI=1S/C26H19Cl2N5O3S/c27-18-9-10-22(21(28)12-18)37(35,36)32-19-8-4-7-17(11-19)24(34)20-14-33(13-16-5-2-1-3-6-16)26-23(20)25(29)30-15-31-26/h1-12,14-15,32H,13H2,(H2,29,30,31). The summed E-state index contributed by atoms with van der Waals surface area (Å²) in [6.45, 7) is 0.475. The van der Waals surface area contributed by atoms with Crippen LogP contribution in [-0.4, -0.2) is 28.7 Å². The van der Waals surface area contributed by atoms with Gasteiger partial charge in [0.25, 0.3) is 10.0 Å². The van der Waals surface area contributed by atoms with E-state index in [1.54, 1.807) is 18.3 Å². The zero-order valence-corrected chi connectivity index (χ0v) is 21.4. The predicted molar refractivity (Wildman–Crippen MR) is 145 cm³/mol. The van der Waals surface area contributed by atoms with Crippen LogP contribution >= 0.6 is 23.2 Å². The third kappa shape index (κ3) is 5.01. The summed E-state index contributed by atoms with van der Waals surface area (Å²) >= 11 is 12.0. The summed E-state index contributed by atoms with van der Waals surface area (Å²) in [6.07, 6.45) is 3.04. The number of fused-ring (bicyclic) bond motifs is 1. The summed E-state index contributed by atoms with van der Waals surface area (Å²) in [6, 6.07) is 20.0. The molecular formula is C26H19Cl2N5O3S. The molecule has 2 aromatic heterocycles. The molecule has 186 valence electrons. The molecule has 8 nitrogen and oxygen atoms in total. The molecule has 2 heterocycles. The van der Waals surface area contributed by atoms with Gasteiger partial charge in [-0.2, -0.15) is 0 Å². The molecule has 0 saturated heterocycles. The predicted octanol–water partition coefficient (Wildman–Crippen LogP) is 5.40. The highest BCUT2D eigenvalue weighted by atomic mass is 35.5. The van der Waals surface area contributed by atoms with E-state index in [2.05, 4.69) is 14.7 Å². The molecule has 0 unspecified atom stereocenters. The number of aromatic nitrogens is 3. The Hall–Kier alpha value is -3.92. The number of carbonyl (C=O) groups excluding carboxylic acids is 1. The van der Waals surface area contributed by atoms with Gasteiger partial charge in [0.1, 0.15) is 22.7 Å². The van der Waals surface area contributed by atoms with Gasteiger partial charge in [0.15, 0.2) is 5.78 Å². The molecule has 5 rings (SSSR count). The first-order valence-corrected chi connectivity index (χ1v) is 13.2. The maximum absolute atomic E-state index is 13.6. The average Bonchev–Trinajstić information content (AvgIpc) is 3.23. The summed E-state index contributed by atoms with van der Waals surface area (Å²) in [5, 5.41) is 0.725. The first-order valence-electron chi connectivity index (χ1n) is 11.0. The fraction of sp³-hybridized carbons (Fsp3) is 0.0385. The van der Waals surface area contributed by atoms with E-state index in [0.29, 0.717) is 28.2 Å². The van der Waals surface area contributed by atoms with Crippen molar-refractivity contribution in [3.8, 4) is 0 Å². The van der Waals surface area contributed by atoms with Crippen molar-refractivity contribution in [1.29, 1.82) is 0 Å². The van der Waals surface area contributed by atoms with Crippen LogP contribution < -0.4 is 10.5 Å². The van der Waals surface area contributed by atoms with E-state index in [0.717, 1.165) is 5.56 Å². The molecule has 5 aromatic rings. The highest BCUT2D eigenvalue weighted by Gasteiger charge is 2.22. The molecule has 11 heteroatoms. The number of nitrogens with one attached hydrogen (secondary N) is 1. The lowest BCUT2D eigenvalue weighted by Gasteiger charge is -2.11. The van der Waals surface area contributed by atoms with E-state index in [-0.39, 0.29) is 32.8 Å². The van der Waals surface area contributed by atoms with Crippen molar-refractivity contribution in [2.75, 3.05) is 10.5 Å². The van der Waals surface area contributed by atoms with Crippen LogP contribution in [0.25, 0.3) is 11.0 Å². The van der Waals surface area contributed by atoms with E-state index in [4.69, 9.17) is 28.9 Å². The number of hydrogen-bond acceptors (Lipinski definition) is 6. The van der Waals surface area contributed by atoms with Crippen LogP contribution in [0.2, 0.25) is 10.0 Å². The van der Waals surface area contributed by atoms with Crippen LogP contribution in [-0.2, 0) is 16.6 Å². The van der Waals surface area contributed by atoms with E-state index >= 15 is 0 Å². The van der Waals surface area contributed by atoms with E-state index < -0.39 is 10.0 Å². The summed E-state index contributed by atoms with van der Waals surface area (Å²) < 4.78 is 30.1. The Morgan fingerprint density at radius 2 is 1.76 bits per heavy atom. The first-order chi connectivity index (χ1) is 17.7. The molecule has 0 aliphatic rings. The van der Waals surface area contributed by atoms with Gasteiger partial charge in [0, 0.05) is 29.0 Å². The molecule has 0 amide bonds. The number of carbonyl (C=O) groups is 1. The number of nitrogen functional groups attached to an aromatic ring is 1. The van der Waals surface area contributed by atoms with Crippen molar-refractivity contribution in [3.05, 3.63) is 112 Å². The van der Waals surface area contributed by atoms with Crippen molar-refractivity contribution < 1.29 is 13.2 Å². The quantitative estimate of drug-likeness (QED) is 0.261. The number of anilines is 2. The Kier molecular flexibility index (Phi) is 6.59. The van der Waals surface area contributed by atoms with Crippen molar-refractivity contribution in [3.63, 3.8) is 0 Å². The van der Waals surface area contributed by atoms with Gasteiger partial charge >= 0.3 is 0 Å². The average molecular weight is 552 g/mol. The van der Waals surface area contributed by atoms with Crippen LogP contribution in [0.1, 0.15) is 21.5 Å². The van der Waals surface area contributed by atoms with Crippen molar-refractivity contribution >= 4 is 61.5 Å². The Morgan fingerprint density at radius 1 is 0.973 bits per heavy atom. The van der Waals surface area contributed by atoms with Gasteiger partial charge in [0.05, 0.1) is 16.0 Å². The molecule has 0 radical (unpaired) electrons. The van der Waals surface area contributed by atoms with Crippen molar-refractivity contribution in [1.82, 2.24) is 14.5 Å². The summed E-state index contributed by atoms with van der Waals surface area (Å²) in [4.78, 5) is 21.9. The Labute approximate surface area is 222 Å². The SMILES string of the molecule is Nc1ncnc2c1c(C(=O)c1cccc(NS(=O)(=O)c3ccc(Cl)cc3Cl)c1)cn2Cc1ccccc1. The van der Waals surface area contributed by atoms with Crippen LogP contribution in [0.15, 0.2) is 90.2 Å². The maximum atomic E-state index is 13.6. The molecule has 0 aliphatic heterocycles. The first kappa shape index (κ1) is 24.8. The lowest BCUT2D eigenvalue weighted by Crippen LogP contribution is -2.14. The second-order valence-electron chi connectivity index (χ2n) is 8.20. The minimum absolute atomic E-state index is 0.0195. The van der Waals surface area contributed by atoms with Gasteiger partial charge in [-0.1, -0.05) is 65.7 Å². The van der Waals surface area contributed by atoms with Gasteiger partial charge in [-0.15, -0.1) is 0 Å². The lowest BCUT2D eigenvalue weighted by atomic mass is 10.0. The normalized spacial score (nSPS) is 11.5. The van der Waals surface area contributed by atoms with Crippen LogP contribution in [0, 0.1) is 0 Å². The fourth-order valence-electron chi connectivity index (χ4n) is 4.00. The molecule has 0 atom stereocenters. The highest BCUT2D eigenvalue weighted by Crippen LogP contribution is 2.29. The zero-order valence-electron chi connectivity index (χ0n) is 19.1. The lowest BCUT2D eigenvalue weighted by molar-refractivity contribution is 0.104. The smallest absolute Gasteiger partial charge is 0.263 e. The van der Waals surface area contributed by atoms with E-state index in [1.165, 1.54) is 36.7 Å². The number of benzene rings is 3. The summed E-state index contributed by atoms with van der Waals surface area (Å²) in [7, 11) is -4.04. The molecule has 0 aliphatic carbocycles. The van der Waals surface area contributed by atoms with Gasteiger partial charge < -0.3 is 10.3 Å². The topological polar surface area (TPSA) is 120 Å². The number of nitrogens with two attached hydrogens (primary N) is 1. The number of hydrogen-bond donors (Lipinski definition) is 2. The number of ketones is 1. The van der Waals surface area contributed by atoms with Crippen molar-refractivity contribution in [2.24, 2.45) is 0 Å². The van der Waals surface area contributed by atoms with Crippen molar-refractivity contribution in [2.45, 2.75) is 11.4 Å². The third-order valence-electron chi connectivity index (χ3n) is 5.68. The minimum atomic E-state index is -4.04. The third-order valence-corrected chi connectivity index (χ3v) is 7.78. The van der Waals surface area contributed by atoms with Gasteiger partial charge in [0.2, 0.25) is 0 Å². The molecular weight excluding hydrogens is 533 g/mol. The monoisotopic (exact) mass is 551 g/mol. The molecule has 0 fully saturated rings. The van der Waals surface area contributed by atoms with Gasteiger partial charge in [-0.25, -0.2) is 18.4 Å². The second-order valence-corrected chi connectivity index (χ2v) is 10.7. The van der Waals surface area contributed by atoms with E-state index in [9.17, 15) is 13.2 Å². The largest absolute Gasteiger partial charge is 0.383 e. The molecule has 0 bridgehead atoms. The Balaban J connectivity index is 1.50. The number of halogens is 2. The fourth-order valence-corrected chi connectivity index (χ4v) is 5.83. The minimum Gasteiger partial charge on any atom is -0.383 e. The number of rotatable bonds is 7. The van der Waals surface area contributed by atoms with Gasteiger partial charge in [-0.3, -0.25) is 9.52 Å². The number of sulfonamides is 1. The molecule has 0 spiro atoms. The van der Waals surface area contributed by atoms with Crippen LogP contribution in [0.5, 0.6) is 0 Å². The summed E-state index contributed by atoms with van der Waals surface area (Å²) in [5.74, 6) is -0.182. The maximum Gasteiger partial charge on any atom is 0.263 e. The molecule has 37 heavy (non-hydrogen) atoms. The summed E-state index contributed by atoms with van der Waals surface area (Å²) in [5.41, 5.74) is 8.45. The molecule has 3 N–H and O–H groups in total. The van der Waals surface area contributed by atoms with Crippen LogP contribution in [0.4, 0.5) is 11.5 Å². The molecule has 3 aromatic carbocycles. The number of nitrogens with zero attached hydrogens (tertiary/aromatic N) is 3. The van der Waals surface area contributed by atoms with Crippen LogP contribution in [0.3, 0.4) is 0 Å². The molecule has 0 saturated carbocycles.